The van der Waals surface area contributed by atoms with E-state index in [4.69, 9.17) is 4.98 Å². The van der Waals surface area contributed by atoms with Gasteiger partial charge in [0.25, 0.3) is 5.91 Å². The Labute approximate surface area is 175 Å². The maximum atomic E-state index is 13.5. The van der Waals surface area contributed by atoms with E-state index in [0.717, 1.165) is 26.6 Å². The number of carbonyl (C=O) groups excluding carboxylic acids is 1. The summed E-state index contributed by atoms with van der Waals surface area (Å²) < 4.78 is 1.09. The number of benzene rings is 3. The summed E-state index contributed by atoms with van der Waals surface area (Å²) >= 11 is 1.56. The Bertz CT molecular complexity index is 1130. The molecule has 0 bridgehead atoms. The van der Waals surface area contributed by atoms with Gasteiger partial charge in [0.05, 0.1) is 16.8 Å². The number of carbonyl (C=O) groups is 1. The highest BCUT2D eigenvalue weighted by Crippen LogP contribution is 2.31. The molecule has 146 valence electrons. The third kappa shape index (κ3) is 4.15. The van der Waals surface area contributed by atoms with Gasteiger partial charge in [-0.15, -0.1) is 0 Å². The third-order valence-electron chi connectivity index (χ3n) is 4.82. The summed E-state index contributed by atoms with van der Waals surface area (Å²) in [5, 5.41) is 0.719. The Balaban J connectivity index is 1.73. The van der Waals surface area contributed by atoms with Crippen molar-refractivity contribution in [3.05, 3.63) is 89.5 Å². The molecule has 4 rings (SSSR count). The van der Waals surface area contributed by atoms with Crippen LogP contribution in [0.25, 0.3) is 10.2 Å². The standard InChI is InChI=1S/C24H23N3OS/c1-17-9-14-21-22(15-17)29-24(25-21)27(16-18-7-5-4-6-8-18)23(28)19-10-12-20(13-11-19)26(2)3/h4-15H,16H2,1-3H3. The zero-order chi connectivity index (χ0) is 20.4. The topological polar surface area (TPSA) is 36.4 Å². The van der Waals surface area contributed by atoms with Crippen LogP contribution in [-0.2, 0) is 6.54 Å². The number of hydrogen-bond acceptors (Lipinski definition) is 4. The van der Waals surface area contributed by atoms with Gasteiger partial charge < -0.3 is 4.90 Å². The second kappa shape index (κ2) is 8.05. The molecule has 0 radical (unpaired) electrons. The van der Waals surface area contributed by atoms with Gasteiger partial charge in [-0.2, -0.15) is 0 Å². The number of thiazole rings is 1. The van der Waals surface area contributed by atoms with Crippen molar-refractivity contribution < 1.29 is 4.79 Å². The van der Waals surface area contributed by atoms with E-state index in [-0.39, 0.29) is 5.91 Å². The number of fused-ring (bicyclic) bond motifs is 1. The van der Waals surface area contributed by atoms with E-state index in [9.17, 15) is 4.79 Å². The van der Waals surface area contributed by atoms with Gasteiger partial charge in [0, 0.05) is 25.3 Å². The fraction of sp³-hybridized carbons (Fsp3) is 0.167. The SMILES string of the molecule is Cc1ccc2nc(N(Cc3ccccc3)C(=O)c3ccc(N(C)C)cc3)sc2c1. The first-order chi connectivity index (χ1) is 14.0. The highest BCUT2D eigenvalue weighted by molar-refractivity contribution is 7.22. The molecule has 0 N–H and O–H groups in total. The quantitative estimate of drug-likeness (QED) is 0.442. The first-order valence-electron chi connectivity index (χ1n) is 9.51. The molecular weight excluding hydrogens is 378 g/mol. The maximum Gasteiger partial charge on any atom is 0.260 e. The van der Waals surface area contributed by atoms with Crippen molar-refractivity contribution in [2.24, 2.45) is 0 Å². The highest BCUT2D eigenvalue weighted by atomic mass is 32.1. The molecule has 1 amide bonds. The van der Waals surface area contributed by atoms with Gasteiger partial charge in [0.1, 0.15) is 0 Å². The minimum atomic E-state index is -0.0464. The zero-order valence-electron chi connectivity index (χ0n) is 16.8. The van der Waals surface area contributed by atoms with E-state index < -0.39 is 0 Å². The Kier molecular flexibility index (Phi) is 5.32. The predicted molar refractivity (Wildman–Crippen MR) is 122 cm³/mol. The molecule has 0 spiro atoms. The zero-order valence-corrected chi connectivity index (χ0v) is 17.6. The van der Waals surface area contributed by atoms with Crippen LogP contribution in [0.3, 0.4) is 0 Å². The van der Waals surface area contributed by atoms with Crippen molar-refractivity contribution in [3.63, 3.8) is 0 Å². The maximum absolute atomic E-state index is 13.5. The average Bonchev–Trinajstić information content (AvgIpc) is 3.15. The Morgan fingerprint density at radius 2 is 1.69 bits per heavy atom. The van der Waals surface area contributed by atoms with E-state index in [1.807, 2.05) is 79.7 Å². The summed E-state index contributed by atoms with van der Waals surface area (Å²) in [6, 6.07) is 23.9. The van der Waals surface area contributed by atoms with E-state index in [1.165, 1.54) is 5.56 Å². The van der Waals surface area contributed by atoms with Crippen LogP contribution >= 0.6 is 11.3 Å². The summed E-state index contributed by atoms with van der Waals surface area (Å²) in [5.41, 5.74) is 4.90. The van der Waals surface area contributed by atoms with Gasteiger partial charge >= 0.3 is 0 Å². The Morgan fingerprint density at radius 1 is 0.966 bits per heavy atom. The molecule has 1 aromatic heterocycles. The van der Waals surface area contributed by atoms with Crippen LogP contribution in [0.4, 0.5) is 10.8 Å². The molecule has 0 atom stereocenters. The molecule has 4 aromatic rings. The monoisotopic (exact) mass is 401 g/mol. The van der Waals surface area contributed by atoms with Gasteiger partial charge in [0.15, 0.2) is 5.13 Å². The number of amides is 1. The van der Waals surface area contributed by atoms with Crippen LogP contribution in [0.1, 0.15) is 21.5 Å². The van der Waals surface area contributed by atoms with E-state index in [0.29, 0.717) is 12.1 Å². The molecule has 5 heteroatoms. The van der Waals surface area contributed by atoms with Crippen LogP contribution < -0.4 is 9.80 Å². The summed E-state index contributed by atoms with van der Waals surface area (Å²) in [5.74, 6) is -0.0464. The van der Waals surface area contributed by atoms with Crippen molar-refractivity contribution >= 4 is 38.3 Å². The molecule has 0 saturated carbocycles. The molecule has 0 aliphatic carbocycles. The van der Waals surface area contributed by atoms with Gasteiger partial charge in [-0.3, -0.25) is 9.69 Å². The lowest BCUT2D eigenvalue weighted by atomic mass is 10.1. The molecular formula is C24H23N3OS. The lowest BCUT2D eigenvalue weighted by Gasteiger charge is -2.21. The predicted octanol–water partition coefficient (Wildman–Crippen LogP) is 5.52. The molecule has 0 unspecified atom stereocenters. The fourth-order valence-electron chi connectivity index (χ4n) is 3.19. The average molecular weight is 402 g/mol. The van der Waals surface area contributed by atoms with Crippen molar-refractivity contribution in [3.8, 4) is 0 Å². The highest BCUT2D eigenvalue weighted by Gasteiger charge is 2.22. The Morgan fingerprint density at radius 3 is 2.38 bits per heavy atom. The summed E-state index contributed by atoms with van der Waals surface area (Å²) in [7, 11) is 3.98. The van der Waals surface area contributed by atoms with Crippen molar-refractivity contribution in [1.29, 1.82) is 0 Å². The summed E-state index contributed by atoms with van der Waals surface area (Å²) in [6.07, 6.45) is 0. The van der Waals surface area contributed by atoms with Gasteiger partial charge in [-0.1, -0.05) is 47.7 Å². The van der Waals surface area contributed by atoms with E-state index in [2.05, 4.69) is 19.1 Å². The van der Waals surface area contributed by atoms with Crippen LogP contribution in [0.2, 0.25) is 0 Å². The van der Waals surface area contributed by atoms with Crippen molar-refractivity contribution in [2.45, 2.75) is 13.5 Å². The number of aromatic nitrogens is 1. The molecule has 0 fully saturated rings. The minimum Gasteiger partial charge on any atom is -0.378 e. The van der Waals surface area contributed by atoms with Gasteiger partial charge in [-0.25, -0.2) is 4.98 Å². The van der Waals surface area contributed by atoms with E-state index in [1.54, 1.807) is 16.2 Å². The van der Waals surface area contributed by atoms with Crippen LogP contribution in [0, 0.1) is 6.92 Å². The Hall–Kier alpha value is -3.18. The fourth-order valence-corrected chi connectivity index (χ4v) is 4.25. The van der Waals surface area contributed by atoms with E-state index >= 15 is 0 Å². The van der Waals surface area contributed by atoms with Crippen LogP contribution in [0.15, 0.2) is 72.8 Å². The number of anilines is 2. The minimum absolute atomic E-state index is 0.0464. The number of rotatable bonds is 5. The largest absolute Gasteiger partial charge is 0.378 e. The van der Waals surface area contributed by atoms with Crippen LogP contribution in [0.5, 0.6) is 0 Å². The molecule has 29 heavy (non-hydrogen) atoms. The van der Waals surface area contributed by atoms with Crippen molar-refractivity contribution in [2.75, 3.05) is 23.9 Å². The number of hydrogen-bond donors (Lipinski definition) is 0. The molecule has 0 aliphatic rings. The smallest absolute Gasteiger partial charge is 0.260 e. The lowest BCUT2D eigenvalue weighted by Crippen LogP contribution is -2.30. The lowest BCUT2D eigenvalue weighted by molar-refractivity contribution is 0.0985. The van der Waals surface area contributed by atoms with Crippen LogP contribution in [-0.4, -0.2) is 25.0 Å². The van der Waals surface area contributed by atoms with Gasteiger partial charge in [-0.05, 0) is 54.4 Å². The summed E-state index contributed by atoms with van der Waals surface area (Å²) in [4.78, 5) is 22.0. The van der Waals surface area contributed by atoms with Gasteiger partial charge in [0.2, 0.25) is 0 Å². The first kappa shape index (κ1) is 19.2. The number of aryl methyl sites for hydroxylation is 1. The third-order valence-corrected chi connectivity index (χ3v) is 5.86. The molecule has 0 saturated heterocycles. The molecule has 0 aliphatic heterocycles. The molecule has 1 heterocycles. The van der Waals surface area contributed by atoms with Crippen molar-refractivity contribution in [1.82, 2.24) is 4.98 Å². The first-order valence-corrected chi connectivity index (χ1v) is 10.3. The second-order valence-corrected chi connectivity index (χ2v) is 8.29. The summed E-state index contributed by atoms with van der Waals surface area (Å²) in [6.45, 7) is 2.55. The normalized spacial score (nSPS) is 10.9. The molecule has 4 nitrogen and oxygen atoms in total. The molecule has 3 aromatic carbocycles. The second-order valence-electron chi connectivity index (χ2n) is 7.29. The number of nitrogens with zero attached hydrogens (tertiary/aromatic N) is 3.